The molecule has 1 unspecified atom stereocenters. The molecule has 0 spiro atoms. The van der Waals surface area contributed by atoms with Crippen LogP contribution in [0.5, 0.6) is 0 Å². The molecular weight excluding hydrogens is 254 g/mol. The van der Waals surface area contributed by atoms with E-state index in [2.05, 4.69) is 12.1 Å². The van der Waals surface area contributed by atoms with E-state index >= 15 is 0 Å². The lowest BCUT2D eigenvalue weighted by Gasteiger charge is -2.35. The van der Waals surface area contributed by atoms with Crippen LogP contribution in [0.4, 0.5) is 4.79 Å². The van der Waals surface area contributed by atoms with Gasteiger partial charge in [-0.2, -0.15) is 0 Å². The van der Waals surface area contributed by atoms with Crippen molar-refractivity contribution in [2.24, 2.45) is 5.92 Å². The predicted molar refractivity (Wildman–Crippen MR) is 77.5 cm³/mol. The van der Waals surface area contributed by atoms with Crippen LogP contribution in [0.3, 0.4) is 0 Å². The standard InChI is InChI=1S/C16H23NO3/c1-3-20-16(18)17-11-9-14(10-12-17)15(19-2)13-7-5-4-6-8-13/h4-8,14-15H,3,9-12H2,1-2H3. The maximum Gasteiger partial charge on any atom is 0.409 e. The summed E-state index contributed by atoms with van der Waals surface area (Å²) in [5.41, 5.74) is 1.21. The monoisotopic (exact) mass is 277 g/mol. The van der Waals surface area contributed by atoms with E-state index in [1.54, 1.807) is 12.0 Å². The lowest BCUT2D eigenvalue weighted by atomic mass is 9.87. The summed E-state index contributed by atoms with van der Waals surface area (Å²) in [7, 11) is 1.76. The van der Waals surface area contributed by atoms with Gasteiger partial charge in [0, 0.05) is 20.2 Å². The Balaban J connectivity index is 1.94. The predicted octanol–water partition coefficient (Wildman–Crippen LogP) is 3.24. The van der Waals surface area contributed by atoms with Crippen molar-refractivity contribution in [3.63, 3.8) is 0 Å². The molecule has 1 amide bonds. The molecule has 4 nitrogen and oxygen atoms in total. The van der Waals surface area contributed by atoms with Gasteiger partial charge >= 0.3 is 6.09 Å². The zero-order valence-electron chi connectivity index (χ0n) is 12.2. The van der Waals surface area contributed by atoms with E-state index in [-0.39, 0.29) is 12.2 Å². The molecule has 0 radical (unpaired) electrons. The third-order valence-corrected chi connectivity index (χ3v) is 3.88. The number of hydrogen-bond acceptors (Lipinski definition) is 3. The number of piperidine rings is 1. The smallest absolute Gasteiger partial charge is 0.409 e. The van der Waals surface area contributed by atoms with Gasteiger partial charge in [-0.15, -0.1) is 0 Å². The molecule has 1 aliphatic heterocycles. The molecular formula is C16H23NO3. The highest BCUT2D eigenvalue weighted by molar-refractivity contribution is 5.67. The second kappa shape index (κ2) is 7.29. The minimum atomic E-state index is -0.195. The second-order valence-electron chi connectivity index (χ2n) is 5.09. The Morgan fingerprint density at radius 1 is 1.30 bits per heavy atom. The first-order valence-electron chi connectivity index (χ1n) is 7.25. The number of benzene rings is 1. The average Bonchev–Trinajstić information content (AvgIpc) is 2.50. The van der Waals surface area contributed by atoms with Gasteiger partial charge < -0.3 is 14.4 Å². The molecule has 0 N–H and O–H groups in total. The van der Waals surface area contributed by atoms with Crippen LogP contribution in [0.15, 0.2) is 30.3 Å². The van der Waals surface area contributed by atoms with E-state index in [1.807, 2.05) is 25.1 Å². The zero-order chi connectivity index (χ0) is 14.4. The van der Waals surface area contributed by atoms with E-state index in [9.17, 15) is 4.79 Å². The fourth-order valence-electron chi connectivity index (χ4n) is 2.84. The van der Waals surface area contributed by atoms with Crippen LogP contribution >= 0.6 is 0 Å². The molecule has 1 saturated heterocycles. The fraction of sp³-hybridized carbons (Fsp3) is 0.562. The van der Waals surface area contributed by atoms with Crippen molar-refractivity contribution in [2.45, 2.75) is 25.9 Å². The largest absolute Gasteiger partial charge is 0.450 e. The highest BCUT2D eigenvalue weighted by Gasteiger charge is 2.29. The zero-order valence-corrected chi connectivity index (χ0v) is 12.2. The van der Waals surface area contributed by atoms with E-state index in [4.69, 9.17) is 9.47 Å². The van der Waals surface area contributed by atoms with Crippen molar-refractivity contribution < 1.29 is 14.3 Å². The van der Waals surface area contributed by atoms with Gasteiger partial charge in [0.15, 0.2) is 0 Å². The quantitative estimate of drug-likeness (QED) is 0.848. The van der Waals surface area contributed by atoms with E-state index < -0.39 is 0 Å². The van der Waals surface area contributed by atoms with Crippen LogP contribution in [-0.4, -0.2) is 37.8 Å². The van der Waals surface area contributed by atoms with Crippen molar-refractivity contribution in [3.05, 3.63) is 35.9 Å². The second-order valence-corrected chi connectivity index (χ2v) is 5.09. The number of amides is 1. The van der Waals surface area contributed by atoms with Crippen molar-refractivity contribution in [1.82, 2.24) is 4.90 Å². The Bertz CT molecular complexity index is 413. The molecule has 4 heteroatoms. The number of hydrogen-bond donors (Lipinski definition) is 0. The molecule has 0 aliphatic carbocycles. The fourth-order valence-corrected chi connectivity index (χ4v) is 2.84. The minimum absolute atomic E-state index is 0.112. The van der Waals surface area contributed by atoms with E-state index in [0.717, 1.165) is 25.9 Å². The number of carbonyl (C=O) groups excluding carboxylic acids is 1. The summed E-state index contributed by atoms with van der Waals surface area (Å²) < 4.78 is 10.7. The van der Waals surface area contributed by atoms with Gasteiger partial charge in [0.2, 0.25) is 0 Å². The number of nitrogens with zero attached hydrogens (tertiary/aromatic N) is 1. The maximum absolute atomic E-state index is 11.7. The molecule has 0 saturated carbocycles. The minimum Gasteiger partial charge on any atom is -0.450 e. The number of likely N-dealkylation sites (tertiary alicyclic amines) is 1. The third-order valence-electron chi connectivity index (χ3n) is 3.88. The highest BCUT2D eigenvalue weighted by atomic mass is 16.6. The van der Waals surface area contributed by atoms with Gasteiger partial charge in [-0.1, -0.05) is 30.3 Å². The van der Waals surface area contributed by atoms with Gasteiger partial charge in [-0.05, 0) is 31.2 Å². The molecule has 1 heterocycles. The van der Waals surface area contributed by atoms with Gasteiger partial charge in [0.25, 0.3) is 0 Å². The molecule has 1 aromatic rings. The van der Waals surface area contributed by atoms with Crippen LogP contribution < -0.4 is 0 Å². The average molecular weight is 277 g/mol. The lowest BCUT2D eigenvalue weighted by Crippen LogP contribution is -2.40. The molecule has 0 aromatic heterocycles. The van der Waals surface area contributed by atoms with Gasteiger partial charge in [-0.3, -0.25) is 0 Å². The molecule has 1 aromatic carbocycles. The summed E-state index contributed by atoms with van der Waals surface area (Å²) >= 11 is 0. The van der Waals surface area contributed by atoms with E-state index in [1.165, 1.54) is 5.56 Å². The van der Waals surface area contributed by atoms with Crippen molar-refractivity contribution in [3.8, 4) is 0 Å². The molecule has 1 fully saturated rings. The van der Waals surface area contributed by atoms with Crippen LogP contribution in [0.1, 0.15) is 31.4 Å². The van der Waals surface area contributed by atoms with Gasteiger partial charge in [0.05, 0.1) is 12.7 Å². The maximum atomic E-state index is 11.7. The molecule has 0 bridgehead atoms. The van der Waals surface area contributed by atoms with Crippen molar-refractivity contribution in [1.29, 1.82) is 0 Å². The van der Waals surface area contributed by atoms with Gasteiger partial charge in [0.1, 0.15) is 0 Å². The van der Waals surface area contributed by atoms with Crippen molar-refractivity contribution >= 4 is 6.09 Å². The summed E-state index contributed by atoms with van der Waals surface area (Å²) in [5.74, 6) is 0.452. The summed E-state index contributed by atoms with van der Waals surface area (Å²) in [5, 5.41) is 0. The number of rotatable bonds is 4. The highest BCUT2D eigenvalue weighted by Crippen LogP contribution is 2.33. The molecule has 110 valence electrons. The van der Waals surface area contributed by atoms with Gasteiger partial charge in [-0.25, -0.2) is 4.79 Å². The molecule has 2 rings (SSSR count). The Morgan fingerprint density at radius 2 is 1.95 bits per heavy atom. The Labute approximate surface area is 120 Å². The van der Waals surface area contributed by atoms with Crippen LogP contribution in [0.2, 0.25) is 0 Å². The number of carbonyl (C=O) groups is 1. The first kappa shape index (κ1) is 14.9. The van der Waals surface area contributed by atoms with E-state index in [0.29, 0.717) is 12.5 Å². The molecule has 1 aliphatic rings. The lowest BCUT2D eigenvalue weighted by molar-refractivity contribution is 0.0180. The van der Waals surface area contributed by atoms with Crippen molar-refractivity contribution in [2.75, 3.05) is 26.8 Å². The summed E-state index contributed by atoms with van der Waals surface area (Å²) in [4.78, 5) is 13.5. The number of methoxy groups -OCH3 is 1. The van der Waals surface area contributed by atoms with Crippen LogP contribution in [0, 0.1) is 5.92 Å². The first-order chi connectivity index (χ1) is 9.76. The Morgan fingerprint density at radius 3 is 2.50 bits per heavy atom. The molecule has 20 heavy (non-hydrogen) atoms. The SMILES string of the molecule is CCOC(=O)N1CCC(C(OC)c2ccccc2)CC1. The third kappa shape index (κ3) is 3.51. The molecule has 1 atom stereocenters. The summed E-state index contributed by atoms with van der Waals surface area (Å²) in [6.45, 7) is 3.76. The Hall–Kier alpha value is -1.55. The van der Waals surface area contributed by atoms with Crippen LogP contribution in [-0.2, 0) is 9.47 Å². The summed E-state index contributed by atoms with van der Waals surface area (Å²) in [6, 6.07) is 10.3. The number of ether oxygens (including phenoxy) is 2. The normalized spacial score (nSPS) is 17.8. The van der Waals surface area contributed by atoms with Crippen LogP contribution in [0.25, 0.3) is 0 Å². The summed E-state index contributed by atoms with van der Waals surface area (Å²) in [6.07, 6.45) is 1.82. The Kier molecular flexibility index (Phi) is 5.41. The first-order valence-corrected chi connectivity index (χ1v) is 7.25. The topological polar surface area (TPSA) is 38.8 Å².